The van der Waals surface area contributed by atoms with E-state index in [-0.39, 0.29) is 37.3 Å². The lowest BCUT2D eigenvalue weighted by Gasteiger charge is -2.30. The third kappa shape index (κ3) is 10.3. The summed E-state index contributed by atoms with van der Waals surface area (Å²) in [6, 6.07) is 10.7. The summed E-state index contributed by atoms with van der Waals surface area (Å²) in [7, 11) is 1.52. The first kappa shape index (κ1) is 40.4. The number of nitrogens with one attached hydrogen (secondary N) is 5. The molecule has 0 unspecified atom stereocenters. The Labute approximate surface area is 319 Å². The smallest absolute Gasteiger partial charge is 0.255 e. The summed E-state index contributed by atoms with van der Waals surface area (Å²) in [4.78, 5) is 83.6. The number of ether oxygens (including phenoxy) is 1. The van der Waals surface area contributed by atoms with Crippen LogP contribution in [-0.4, -0.2) is 112 Å². The number of aromatic nitrogens is 2. The first-order chi connectivity index (χ1) is 26.5. The number of benzene rings is 2. The van der Waals surface area contributed by atoms with Crippen LogP contribution in [-0.2, 0) is 30.4 Å². The van der Waals surface area contributed by atoms with Gasteiger partial charge in [0.05, 0.1) is 25.0 Å². The van der Waals surface area contributed by atoms with E-state index in [2.05, 4.69) is 31.7 Å². The molecule has 0 aliphatic carbocycles. The van der Waals surface area contributed by atoms with E-state index in [1.165, 1.54) is 36.0 Å². The van der Waals surface area contributed by atoms with Crippen LogP contribution in [0.5, 0.6) is 5.75 Å². The predicted molar refractivity (Wildman–Crippen MR) is 201 cm³/mol. The van der Waals surface area contributed by atoms with Crippen molar-refractivity contribution in [2.75, 3.05) is 20.2 Å². The molecule has 2 saturated heterocycles. The van der Waals surface area contributed by atoms with Gasteiger partial charge < -0.3 is 41.3 Å². The van der Waals surface area contributed by atoms with Gasteiger partial charge in [0.25, 0.3) is 5.91 Å². The molecule has 55 heavy (non-hydrogen) atoms. The summed E-state index contributed by atoms with van der Waals surface area (Å²) >= 11 is 0. The standard InChI is InChI=1S/C39H50N8O8/c1-4-27-35(50)45-33(24(2)48)38(53)44-29(21-25-13-6-5-7-14-25)39(54)46-20-12-17-31(46)37(52)40-19-11-10-15-28(36(51)42-27)43-34(49)26-22-41-47(23-26)30-16-8-9-18-32(30)55-3/h5-9,13-14,16,18,22-24,27-29,31,33,48H,4,10-12,15,17,19-21H2,1-3H3,(H,40,52)(H,42,51)(H,43,49)(H,44,53)(H,45,50)/t24-,27+,28+,29-,31+,33+/m1/s1. The zero-order valence-electron chi connectivity index (χ0n) is 31.3. The largest absolute Gasteiger partial charge is 0.494 e. The van der Waals surface area contributed by atoms with E-state index in [0.717, 1.165) is 5.56 Å². The maximum Gasteiger partial charge on any atom is 0.255 e. The molecule has 6 atom stereocenters. The lowest BCUT2D eigenvalue weighted by Crippen LogP contribution is -2.61. The monoisotopic (exact) mass is 758 g/mol. The molecule has 294 valence electrons. The van der Waals surface area contributed by atoms with E-state index in [4.69, 9.17) is 4.74 Å². The lowest BCUT2D eigenvalue weighted by atomic mass is 10.0. The lowest BCUT2D eigenvalue weighted by molar-refractivity contribution is -0.142. The van der Waals surface area contributed by atoms with E-state index in [1.54, 1.807) is 31.2 Å². The van der Waals surface area contributed by atoms with Crippen LogP contribution >= 0.6 is 0 Å². The van der Waals surface area contributed by atoms with Gasteiger partial charge in [0.15, 0.2) is 0 Å². The number of aliphatic hydroxyl groups excluding tert-OH is 1. The zero-order chi connectivity index (χ0) is 39.5. The topological polar surface area (TPSA) is 213 Å². The Bertz CT molecular complexity index is 1830. The van der Waals surface area contributed by atoms with Gasteiger partial charge in [0, 0.05) is 25.7 Å². The number of nitrogens with zero attached hydrogens (tertiary/aromatic N) is 3. The molecule has 2 aliphatic rings. The van der Waals surface area contributed by atoms with Crippen molar-refractivity contribution in [1.29, 1.82) is 0 Å². The number of amides is 6. The van der Waals surface area contributed by atoms with Crippen molar-refractivity contribution in [2.45, 2.75) is 95.1 Å². The maximum absolute atomic E-state index is 14.1. The molecular weight excluding hydrogens is 708 g/mol. The molecule has 5 rings (SSSR count). The summed E-state index contributed by atoms with van der Waals surface area (Å²) in [6.45, 7) is 3.57. The molecule has 0 saturated carbocycles. The normalized spacial score (nSPS) is 23.8. The Morgan fingerprint density at radius 3 is 2.36 bits per heavy atom. The Morgan fingerprint density at radius 2 is 1.64 bits per heavy atom. The van der Waals surface area contributed by atoms with Gasteiger partial charge >= 0.3 is 0 Å². The zero-order valence-corrected chi connectivity index (χ0v) is 31.3. The number of carbonyl (C=O) groups excluding carboxylic acids is 6. The Hall–Kier alpha value is -5.77. The van der Waals surface area contributed by atoms with Gasteiger partial charge in [-0.1, -0.05) is 49.4 Å². The van der Waals surface area contributed by atoms with Crippen molar-refractivity contribution >= 4 is 35.4 Å². The van der Waals surface area contributed by atoms with Crippen molar-refractivity contribution in [2.24, 2.45) is 0 Å². The Balaban J connectivity index is 1.38. The SMILES string of the molecule is CC[C@@H]1NC(=O)[C@@H](NC(=O)c2cnn(-c3ccccc3OC)c2)CCCCNC(=O)[C@@H]2CCCN2C(=O)[C@@H](Cc2ccccc2)NC(=O)[C@H]([C@@H](C)O)NC1=O. The third-order valence-electron chi connectivity index (χ3n) is 9.86. The molecule has 2 aliphatic heterocycles. The molecule has 16 nitrogen and oxygen atoms in total. The second kappa shape index (κ2) is 19.0. The van der Waals surface area contributed by atoms with E-state index in [1.807, 2.05) is 30.3 Å². The molecule has 16 heteroatoms. The van der Waals surface area contributed by atoms with E-state index >= 15 is 0 Å². The van der Waals surface area contributed by atoms with Gasteiger partial charge in [-0.2, -0.15) is 5.10 Å². The fraction of sp³-hybridized carbons (Fsp3) is 0.462. The average molecular weight is 759 g/mol. The second-order valence-electron chi connectivity index (χ2n) is 13.8. The van der Waals surface area contributed by atoms with Crippen LogP contribution in [0.1, 0.15) is 68.3 Å². The number of hydrogen-bond donors (Lipinski definition) is 6. The fourth-order valence-electron chi connectivity index (χ4n) is 6.80. The average Bonchev–Trinajstić information content (AvgIpc) is 3.89. The number of carbonyl (C=O) groups is 6. The molecule has 2 fully saturated rings. The van der Waals surface area contributed by atoms with E-state index < -0.39 is 65.8 Å². The summed E-state index contributed by atoms with van der Waals surface area (Å²) in [6.07, 6.45) is 3.79. The molecule has 1 aromatic heterocycles. The van der Waals surface area contributed by atoms with Crippen LogP contribution in [0, 0.1) is 0 Å². The van der Waals surface area contributed by atoms with Crippen LogP contribution in [0.25, 0.3) is 5.69 Å². The van der Waals surface area contributed by atoms with Crippen LogP contribution < -0.4 is 31.3 Å². The number of fused-ring (bicyclic) bond motifs is 1. The van der Waals surface area contributed by atoms with Crippen molar-refractivity contribution < 1.29 is 38.6 Å². The van der Waals surface area contributed by atoms with Crippen LogP contribution in [0.15, 0.2) is 67.0 Å². The van der Waals surface area contributed by atoms with Gasteiger partial charge in [-0.25, -0.2) is 4.68 Å². The highest BCUT2D eigenvalue weighted by Gasteiger charge is 2.39. The summed E-state index contributed by atoms with van der Waals surface area (Å²) in [5.41, 5.74) is 1.55. The first-order valence-electron chi connectivity index (χ1n) is 18.7. The number of aliphatic hydroxyl groups is 1. The molecule has 3 heterocycles. The summed E-state index contributed by atoms with van der Waals surface area (Å²) in [5.74, 6) is -3.00. The fourth-order valence-corrected chi connectivity index (χ4v) is 6.80. The second-order valence-corrected chi connectivity index (χ2v) is 13.8. The molecule has 2 aromatic carbocycles. The molecule has 0 spiro atoms. The Kier molecular flexibility index (Phi) is 14.0. The molecule has 6 amide bonds. The highest BCUT2D eigenvalue weighted by molar-refractivity contribution is 5.99. The molecule has 0 bridgehead atoms. The number of hydrogen-bond acceptors (Lipinski definition) is 9. The predicted octanol–water partition coefficient (Wildman–Crippen LogP) is 0.758. The number of para-hydroxylation sites is 2. The van der Waals surface area contributed by atoms with Gasteiger partial charge in [-0.15, -0.1) is 0 Å². The van der Waals surface area contributed by atoms with Crippen molar-refractivity contribution in [3.05, 3.63) is 78.1 Å². The number of rotatable bonds is 8. The minimum Gasteiger partial charge on any atom is -0.494 e. The Morgan fingerprint density at radius 1 is 0.909 bits per heavy atom. The number of methoxy groups -OCH3 is 1. The highest BCUT2D eigenvalue weighted by Crippen LogP contribution is 2.22. The third-order valence-corrected chi connectivity index (χ3v) is 9.86. The van der Waals surface area contributed by atoms with E-state index in [9.17, 15) is 33.9 Å². The quantitative estimate of drug-likeness (QED) is 0.191. The van der Waals surface area contributed by atoms with Crippen LogP contribution in [0.3, 0.4) is 0 Å². The minimum absolute atomic E-state index is 0.110. The maximum atomic E-state index is 14.1. The molecular formula is C39H50N8O8. The van der Waals surface area contributed by atoms with Gasteiger partial charge in [-0.05, 0) is 63.1 Å². The van der Waals surface area contributed by atoms with Crippen molar-refractivity contribution in [1.82, 2.24) is 41.3 Å². The first-order valence-corrected chi connectivity index (χ1v) is 18.7. The highest BCUT2D eigenvalue weighted by atomic mass is 16.5. The van der Waals surface area contributed by atoms with Gasteiger partial charge in [-0.3, -0.25) is 28.8 Å². The molecule has 6 N–H and O–H groups in total. The van der Waals surface area contributed by atoms with Crippen molar-refractivity contribution in [3.63, 3.8) is 0 Å². The molecule has 0 radical (unpaired) electrons. The molecule has 3 aromatic rings. The summed E-state index contributed by atoms with van der Waals surface area (Å²) in [5, 5.41) is 28.6. The summed E-state index contributed by atoms with van der Waals surface area (Å²) < 4.78 is 6.89. The van der Waals surface area contributed by atoms with Crippen molar-refractivity contribution in [3.8, 4) is 11.4 Å². The van der Waals surface area contributed by atoms with Crippen LogP contribution in [0.4, 0.5) is 0 Å². The van der Waals surface area contributed by atoms with E-state index in [0.29, 0.717) is 43.7 Å². The minimum atomic E-state index is -1.49. The van der Waals surface area contributed by atoms with Gasteiger partial charge in [0.2, 0.25) is 29.5 Å². The van der Waals surface area contributed by atoms with Crippen LogP contribution in [0.2, 0.25) is 0 Å². The van der Waals surface area contributed by atoms with Gasteiger partial charge in [0.1, 0.15) is 41.6 Å².